The molecule has 0 atom stereocenters. The van der Waals surface area contributed by atoms with Crippen molar-refractivity contribution in [1.29, 1.82) is 0 Å². The van der Waals surface area contributed by atoms with E-state index in [1.807, 2.05) is 19.1 Å². The van der Waals surface area contributed by atoms with Gasteiger partial charge in [-0.15, -0.1) is 0 Å². The number of imide groups is 2. The van der Waals surface area contributed by atoms with Gasteiger partial charge in [-0.05, 0) is 36.3 Å². The van der Waals surface area contributed by atoms with Crippen LogP contribution in [-0.2, 0) is 16.0 Å². The molecular weight excluding hydrogens is 296 g/mol. The van der Waals surface area contributed by atoms with Crippen molar-refractivity contribution < 1.29 is 18.8 Å². The number of carbonyl (C=O) groups is 3. The summed E-state index contributed by atoms with van der Waals surface area (Å²) in [6.45, 7) is 1.93. The fourth-order valence-corrected chi connectivity index (χ4v) is 2.42. The van der Waals surface area contributed by atoms with Crippen molar-refractivity contribution >= 4 is 29.6 Å². The number of benzene rings is 1. The molecule has 0 radical (unpaired) electrons. The Hall–Kier alpha value is -3.15. The summed E-state index contributed by atoms with van der Waals surface area (Å²) < 4.78 is 5.13. The van der Waals surface area contributed by atoms with E-state index in [-0.39, 0.29) is 5.57 Å². The Bertz CT molecular complexity index is 806. The largest absolute Gasteiger partial charge is 0.465 e. The van der Waals surface area contributed by atoms with Crippen molar-refractivity contribution in [2.24, 2.45) is 0 Å². The van der Waals surface area contributed by atoms with Crippen LogP contribution in [0.15, 0.2) is 52.7 Å². The topological polar surface area (TPSA) is 79.6 Å². The van der Waals surface area contributed by atoms with Crippen LogP contribution in [0, 0.1) is 0 Å². The third kappa shape index (κ3) is 2.66. The van der Waals surface area contributed by atoms with Gasteiger partial charge in [0.05, 0.1) is 12.0 Å². The number of para-hydroxylation sites is 1. The maximum atomic E-state index is 12.7. The lowest BCUT2D eigenvalue weighted by molar-refractivity contribution is -0.122. The Kier molecular flexibility index (Phi) is 3.80. The van der Waals surface area contributed by atoms with Crippen LogP contribution in [-0.4, -0.2) is 17.8 Å². The number of anilines is 1. The number of nitrogens with one attached hydrogen (secondary N) is 1. The van der Waals surface area contributed by atoms with Crippen molar-refractivity contribution in [2.45, 2.75) is 13.3 Å². The van der Waals surface area contributed by atoms with Crippen LogP contribution in [0.5, 0.6) is 0 Å². The van der Waals surface area contributed by atoms with Crippen LogP contribution in [0.2, 0.25) is 0 Å². The van der Waals surface area contributed by atoms with E-state index in [0.29, 0.717) is 17.9 Å². The molecule has 0 saturated carbocycles. The average Bonchev–Trinajstić information content (AvgIpc) is 3.05. The molecule has 1 saturated heterocycles. The van der Waals surface area contributed by atoms with Gasteiger partial charge in [0.15, 0.2) is 0 Å². The first-order valence-electron chi connectivity index (χ1n) is 7.14. The van der Waals surface area contributed by atoms with Gasteiger partial charge in [-0.2, -0.15) is 0 Å². The lowest BCUT2D eigenvalue weighted by atomic mass is 10.1. The van der Waals surface area contributed by atoms with E-state index in [4.69, 9.17) is 4.42 Å². The van der Waals surface area contributed by atoms with Gasteiger partial charge < -0.3 is 4.42 Å². The molecule has 116 valence electrons. The fraction of sp³-hybridized carbons (Fsp3) is 0.118. The highest BCUT2D eigenvalue weighted by Gasteiger charge is 2.37. The first kappa shape index (κ1) is 14.8. The molecule has 4 amide bonds. The number of hydrogen-bond acceptors (Lipinski definition) is 4. The van der Waals surface area contributed by atoms with Crippen molar-refractivity contribution in [3.05, 3.63) is 59.6 Å². The number of barbiturate groups is 1. The van der Waals surface area contributed by atoms with E-state index in [1.165, 1.54) is 12.3 Å². The molecule has 1 aromatic carbocycles. The lowest BCUT2D eigenvalue weighted by Crippen LogP contribution is -2.54. The summed E-state index contributed by atoms with van der Waals surface area (Å²) in [6.07, 6.45) is 3.41. The van der Waals surface area contributed by atoms with E-state index < -0.39 is 17.8 Å². The normalized spacial score (nSPS) is 16.8. The molecule has 0 aliphatic carbocycles. The van der Waals surface area contributed by atoms with Gasteiger partial charge in [-0.25, -0.2) is 9.69 Å². The van der Waals surface area contributed by atoms with Gasteiger partial charge in [0.1, 0.15) is 11.3 Å². The van der Waals surface area contributed by atoms with E-state index in [0.717, 1.165) is 10.5 Å². The summed E-state index contributed by atoms with van der Waals surface area (Å²) in [4.78, 5) is 37.8. The highest BCUT2D eigenvalue weighted by atomic mass is 16.3. The molecule has 1 aliphatic heterocycles. The van der Waals surface area contributed by atoms with Crippen molar-refractivity contribution in [2.75, 3.05) is 4.90 Å². The van der Waals surface area contributed by atoms with Crippen molar-refractivity contribution in [1.82, 2.24) is 5.32 Å². The number of hydrogen-bond donors (Lipinski definition) is 1. The van der Waals surface area contributed by atoms with Crippen LogP contribution in [0.1, 0.15) is 18.2 Å². The van der Waals surface area contributed by atoms with Crippen LogP contribution in [0.25, 0.3) is 6.08 Å². The van der Waals surface area contributed by atoms with Gasteiger partial charge >= 0.3 is 6.03 Å². The summed E-state index contributed by atoms with van der Waals surface area (Å²) >= 11 is 0. The van der Waals surface area contributed by atoms with Gasteiger partial charge in [-0.1, -0.05) is 25.1 Å². The van der Waals surface area contributed by atoms with Crippen LogP contribution >= 0.6 is 0 Å². The number of nitrogens with zero attached hydrogens (tertiary/aromatic N) is 1. The Labute approximate surface area is 132 Å². The van der Waals surface area contributed by atoms with Crippen molar-refractivity contribution in [3.63, 3.8) is 0 Å². The van der Waals surface area contributed by atoms with Crippen molar-refractivity contribution in [3.8, 4) is 0 Å². The molecule has 0 bridgehead atoms. The Morgan fingerprint density at radius 1 is 1.13 bits per heavy atom. The minimum atomic E-state index is -0.752. The van der Waals surface area contributed by atoms with E-state index in [9.17, 15) is 14.4 Å². The Balaban J connectivity index is 2.05. The highest BCUT2D eigenvalue weighted by Crippen LogP contribution is 2.25. The molecule has 0 unspecified atom stereocenters. The predicted octanol–water partition coefficient (Wildman–Crippen LogP) is 2.51. The number of furan rings is 1. The maximum Gasteiger partial charge on any atom is 0.335 e. The van der Waals surface area contributed by atoms with Crippen LogP contribution < -0.4 is 10.2 Å². The summed E-state index contributed by atoms with van der Waals surface area (Å²) in [5.41, 5.74) is 1.16. The molecular formula is C17H14N2O4. The molecule has 1 aliphatic rings. The number of rotatable bonds is 3. The first-order chi connectivity index (χ1) is 11.1. The quantitative estimate of drug-likeness (QED) is 0.698. The smallest absolute Gasteiger partial charge is 0.335 e. The third-order valence-electron chi connectivity index (χ3n) is 3.54. The minimum absolute atomic E-state index is 0.148. The molecule has 2 aromatic rings. The molecule has 0 spiro atoms. The summed E-state index contributed by atoms with van der Waals surface area (Å²) in [6, 6.07) is 9.60. The Morgan fingerprint density at radius 2 is 1.91 bits per heavy atom. The second kappa shape index (κ2) is 5.92. The summed E-state index contributed by atoms with van der Waals surface area (Å²) in [5, 5.41) is 2.19. The zero-order valence-electron chi connectivity index (χ0n) is 12.4. The summed E-state index contributed by atoms with van der Waals surface area (Å²) in [7, 11) is 0. The molecule has 1 fully saturated rings. The number of amides is 4. The molecule has 1 aromatic heterocycles. The average molecular weight is 310 g/mol. The third-order valence-corrected chi connectivity index (χ3v) is 3.54. The molecule has 6 heteroatoms. The number of carbonyl (C=O) groups excluding carboxylic acids is 3. The van der Waals surface area contributed by atoms with E-state index in [2.05, 4.69) is 5.32 Å². The first-order valence-corrected chi connectivity index (χ1v) is 7.14. The van der Waals surface area contributed by atoms with Crippen LogP contribution in [0.3, 0.4) is 0 Å². The molecule has 3 rings (SSSR count). The van der Waals surface area contributed by atoms with Crippen LogP contribution in [0.4, 0.5) is 10.5 Å². The minimum Gasteiger partial charge on any atom is -0.465 e. The standard InChI is InChI=1S/C17H14N2O4/c1-2-11-6-3-4-8-14(11)19-16(21)13(15(20)18-17(19)22)10-12-7-5-9-23-12/h3-10H,2H2,1H3,(H,18,20,22). The second-order valence-corrected chi connectivity index (χ2v) is 4.96. The predicted molar refractivity (Wildman–Crippen MR) is 83.5 cm³/mol. The Morgan fingerprint density at radius 3 is 2.61 bits per heavy atom. The van der Waals surface area contributed by atoms with Gasteiger partial charge in [0.2, 0.25) is 0 Å². The maximum absolute atomic E-state index is 12.7. The highest BCUT2D eigenvalue weighted by molar-refractivity contribution is 6.39. The number of urea groups is 1. The zero-order chi connectivity index (χ0) is 16.4. The molecule has 6 nitrogen and oxygen atoms in total. The molecule has 1 N–H and O–H groups in total. The monoisotopic (exact) mass is 310 g/mol. The molecule has 2 heterocycles. The SMILES string of the molecule is CCc1ccccc1N1C(=O)NC(=O)C(=Cc2ccco2)C1=O. The second-order valence-electron chi connectivity index (χ2n) is 4.96. The molecule has 23 heavy (non-hydrogen) atoms. The van der Waals surface area contributed by atoms with E-state index in [1.54, 1.807) is 24.3 Å². The van der Waals surface area contributed by atoms with E-state index >= 15 is 0 Å². The lowest BCUT2D eigenvalue weighted by Gasteiger charge is -2.27. The zero-order valence-corrected chi connectivity index (χ0v) is 12.4. The van der Waals surface area contributed by atoms with Gasteiger partial charge in [-0.3, -0.25) is 14.9 Å². The fourth-order valence-electron chi connectivity index (χ4n) is 2.42. The van der Waals surface area contributed by atoms with Gasteiger partial charge in [0.25, 0.3) is 11.8 Å². The van der Waals surface area contributed by atoms with Gasteiger partial charge in [0, 0.05) is 0 Å². The summed E-state index contributed by atoms with van der Waals surface area (Å²) in [5.74, 6) is -1.04. The number of aryl methyl sites for hydroxylation is 1.